The van der Waals surface area contributed by atoms with E-state index in [1.807, 2.05) is 84.9 Å². The number of aliphatic hydroxyl groups is 1. The summed E-state index contributed by atoms with van der Waals surface area (Å²) in [7, 11) is 0. The van der Waals surface area contributed by atoms with Gasteiger partial charge < -0.3 is 14.6 Å². The fraction of sp³-hybridized carbons (Fsp3) is 0.267. The number of aliphatic imine (C=N–C) groups is 1. The minimum Gasteiger partial charge on any atom is -0.494 e. The summed E-state index contributed by atoms with van der Waals surface area (Å²) in [5.74, 6) is 0.566. The van der Waals surface area contributed by atoms with E-state index in [0.29, 0.717) is 30.2 Å². The van der Waals surface area contributed by atoms with Crippen molar-refractivity contribution in [3.05, 3.63) is 108 Å². The molecule has 4 rings (SSSR count). The molecule has 198 valence electrons. The highest BCUT2D eigenvalue weighted by Crippen LogP contribution is 2.42. The molecule has 0 radical (unpaired) electrons. The fourth-order valence-electron chi connectivity index (χ4n) is 4.18. The standard InChI is InChI=1S/C30H32FN3O4/c31-19-20-32-34-29(36)30(18-7-11-23-9-3-1-4-10-23)27(24-12-5-2-6-13-24)38-28(33-30)25-14-16-26(17-15-25)37-22-8-21-35/h1-7,9-17,27,32,35H,8,18-22H2,(H,34,36)/b11-7+/t27-,30-/m0/s1. The molecule has 7 nitrogen and oxygen atoms in total. The van der Waals surface area contributed by atoms with Crippen molar-refractivity contribution in [1.29, 1.82) is 0 Å². The Hall–Kier alpha value is -4.01. The molecule has 0 bridgehead atoms. The molecule has 38 heavy (non-hydrogen) atoms. The van der Waals surface area contributed by atoms with Gasteiger partial charge >= 0.3 is 0 Å². The van der Waals surface area contributed by atoms with Gasteiger partial charge in [0.1, 0.15) is 12.4 Å². The van der Waals surface area contributed by atoms with Crippen LogP contribution in [0.2, 0.25) is 0 Å². The SMILES string of the molecule is O=C(NNCCF)[C@@]1(C/C=C/c2ccccc2)N=C(c2ccc(OCCCO)cc2)O[C@H]1c1ccccc1. The molecule has 1 amide bonds. The van der Waals surface area contributed by atoms with Gasteiger partial charge in [-0.2, -0.15) is 0 Å². The number of hydrogen-bond donors (Lipinski definition) is 3. The Bertz CT molecular complexity index is 1220. The van der Waals surface area contributed by atoms with Gasteiger partial charge in [-0.05, 0) is 35.4 Å². The maximum absolute atomic E-state index is 13.7. The third-order valence-corrected chi connectivity index (χ3v) is 6.09. The number of carbonyl (C=O) groups is 1. The van der Waals surface area contributed by atoms with E-state index in [-0.39, 0.29) is 19.6 Å². The largest absolute Gasteiger partial charge is 0.494 e. The van der Waals surface area contributed by atoms with Crippen LogP contribution in [0.25, 0.3) is 6.08 Å². The van der Waals surface area contributed by atoms with Gasteiger partial charge in [-0.15, -0.1) is 0 Å². The van der Waals surface area contributed by atoms with Crippen LogP contribution in [0.3, 0.4) is 0 Å². The number of alkyl halides is 1. The number of halogens is 1. The Morgan fingerprint density at radius 1 is 1.05 bits per heavy atom. The minimum atomic E-state index is -1.35. The van der Waals surface area contributed by atoms with Crippen LogP contribution in [-0.2, 0) is 9.53 Å². The van der Waals surface area contributed by atoms with E-state index < -0.39 is 24.2 Å². The number of carbonyl (C=O) groups excluding carboxylic acids is 1. The summed E-state index contributed by atoms with van der Waals surface area (Å²) in [5.41, 5.74) is 6.42. The maximum Gasteiger partial charge on any atom is 0.266 e. The van der Waals surface area contributed by atoms with E-state index in [2.05, 4.69) is 10.9 Å². The summed E-state index contributed by atoms with van der Waals surface area (Å²) < 4.78 is 24.8. The Labute approximate surface area is 222 Å². The quantitative estimate of drug-likeness (QED) is 0.231. The highest BCUT2D eigenvalue weighted by Gasteiger charge is 2.52. The van der Waals surface area contributed by atoms with Gasteiger partial charge in [-0.3, -0.25) is 10.2 Å². The van der Waals surface area contributed by atoms with Crippen molar-refractivity contribution in [3.63, 3.8) is 0 Å². The zero-order valence-electron chi connectivity index (χ0n) is 21.1. The van der Waals surface area contributed by atoms with Crippen LogP contribution in [-0.4, -0.2) is 48.9 Å². The van der Waals surface area contributed by atoms with Crippen molar-refractivity contribution in [2.75, 3.05) is 26.4 Å². The molecule has 1 aliphatic rings. The zero-order chi connectivity index (χ0) is 26.6. The smallest absolute Gasteiger partial charge is 0.266 e. The lowest BCUT2D eigenvalue weighted by atomic mass is 9.84. The molecule has 0 fully saturated rings. The van der Waals surface area contributed by atoms with Crippen molar-refractivity contribution < 1.29 is 23.8 Å². The van der Waals surface area contributed by atoms with E-state index in [0.717, 1.165) is 11.1 Å². The lowest BCUT2D eigenvalue weighted by molar-refractivity contribution is -0.129. The Kier molecular flexibility index (Phi) is 9.61. The molecule has 3 aromatic carbocycles. The lowest BCUT2D eigenvalue weighted by Gasteiger charge is -2.29. The summed E-state index contributed by atoms with van der Waals surface area (Å²) in [6.07, 6.45) is 3.93. The molecule has 0 aliphatic carbocycles. The summed E-state index contributed by atoms with van der Waals surface area (Å²) in [6, 6.07) is 26.5. The van der Waals surface area contributed by atoms with Gasteiger partial charge in [0, 0.05) is 31.6 Å². The van der Waals surface area contributed by atoms with E-state index >= 15 is 0 Å². The second kappa shape index (κ2) is 13.5. The predicted octanol–water partition coefficient (Wildman–Crippen LogP) is 4.40. The second-order valence-electron chi connectivity index (χ2n) is 8.79. The second-order valence-corrected chi connectivity index (χ2v) is 8.79. The predicted molar refractivity (Wildman–Crippen MR) is 145 cm³/mol. The molecular weight excluding hydrogens is 485 g/mol. The first kappa shape index (κ1) is 27.0. The van der Waals surface area contributed by atoms with E-state index in [1.165, 1.54) is 0 Å². The van der Waals surface area contributed by atoms with E-state index in [1.54, 1.807) is 12.1 Å². The first-order valence-corrected chi connectivity index (χ1v) is 12.6. The number of rotatable bonds is 13. The molecule has 1 aliphatic heterocycles. The Morgan fingerprint density at radius 2 is 1.76 bits per heavy atom. The van der Waals surface area contributed by atoms with Crippen LogP contribution >= 0.6 is 0 Å². The van der Waals surface area contributed by atoms with Crippen molar-refractivity contribution >= 4 is 17.9 Å². The highest BCUT2D eigenvalue weighted by molar-refractivity contribution is 6.01. The number of nitrogens with one attached hydrogen (secondary N) is 2. The first-order valence-electron chi connectivity index (χ1n) is 12.6. The molecule has 1 heterocycles. The van der Waals surface area contributed by atoms with E-state index in [4.69, 9.17) is 19.6 Å². The van der Waals surface area contributed by atoms with Crippen molar-refractivity contribution in [2.24, 2.45) is 4.99 Å². The number of amides is 1. The molecule has 0 saturated carbocycles. The van der Waals surface area contributed by atoms with Gasteiger partial charge in [-0.1, -0.05) is 72.8 Å². The molecule has 2 atom stereocenters. The Balaban J connectivity index is 1.69. The molecule has 3 aromatic rings. The van der Waals surface area contributed by atoms with Gasteiger partial charge in [-0.25, -0.2) is 14.8 Å². The third kappa shape index (κ3) is 6.65. The van der Waals surface area contributed by atoms with Crippen molar-refractivity contribution in [2.45, 2.75) is 24.5 Å². The average Bonchev–Trinajstić information content (AvgIpc) is 3.35. The molecule has 0 unspecified atom stereocenters. The average molecular weight is 518 g/mol. The molecule has 0 aromatic heterocycles. The molecule has 0 spiro atoms. The van der Waals surface area contributed by atoms with E-state index in [9.17, 15) is 9.18 Å². The first-order chi connectivity index (χ1) is 18.7. The number of benzene rings is 3. The number of hydrogen-bond acceptors (Lipinski definition) is 6. The van der Waals surface area contributed by atoms with Gasteiger partial charge in [0.25, 0.3) is 5.91 Å². The molecule has 8 heteroatoms. The third-order valence-electron chi connectivity index (χ3n) is 6.09. The normalized spacial score (nSPS) is 18.7. The topological polar surface area (TPSA) is 92.2 Å². The highest BCUT2D eigenvalue weighted by atomic mass is 19.1. The van der Waals surface area contributed by atoms with Crippen LogP contribution in [0.5, 0.6) is 5.75 Å². The van der Waals surface area contributed by atoms with Crippen LogP contribution in [0, 0.1) is 0 Å². The molecular formula is C30H32FN3O4. The minimum absolute atomic E-state index is 0.0210. The van der Waals surface area contributed by atoms with Gasteiger partial charge in [0.15, 0.2) is 11.6 Å². The van der Waals surface area contributed by atoms with Crippen LogP contribution < -0.4 is 15.6 Å². The van der Waals surface area contributed by atoms with Crippen molar-refractivity contribution in [3.8, 4) is 5.75 Å². The monoisotopic (exact) mass is 517 g/mol. The Morgan fingerprint density at radius 3 is 2.45 bits per heavy atom. The van der Waals surface area contributed by atoms with Crippen molar-refractivity contribution in [1.82, 2.24) is 10.9 Å². The summed E-state index contributed by atoms with van der Waals surface area (Å²) in [4.78, 5) is 18.6. The number of ether oxygens (including phenoxy) is 2. The van der Waals surface area contributed by atoms with Crippen LogP contribution in [0.1, 0.15) is 35.6 Å². The lowest BCUT2D eigenvalue weighted by Crippen LogP contribution is -2.52. The van der Waals surface area contributed by atoms with Gasteiger partial charge in [0.05, 0.1) is 6.61 Å². The summed E-state index contributed by atoms with van der Waals surface area (Å²) in [6.45, 7) is -0.174. The summed E-state index contributed by atoms with van der Waals surface area (Å²) >= 11 is 0. The molecule has 0 saturated heterocycles. The number of aliphatic hydroxyl groups excluding tert-OH is 1. The fourth-order valence-corrected chi connectivity index (χ4v) is 4.18. The maximum atomic E-state index is 13.7. The molecule has 3 N–H and O–H groups in total. The van der Waals surface area contributed by atoms with Crippen LogP contribution in [0.4, 0.5) is 4.39 Å². The number of hydrazine groups is 1. The van der Waals surface area contributed by atoms with Gasteiger partial charge in [0.2, 0.25) is 5.90 Å². The van der Waals surface area contributed by atoms with Crippen LogP contribution in [0.15, 0.2) is 96.0 Å². The number of nitrogens with zero attached hydrogens (tertiary/aromatic N) is 1. The summed E-state index contributed by atoms with van der Waals surface area (Å²) in [5, 5.41) is 8.97. The zero-order valence-corrected chi connectivity index (χ0v) is 21.1.